The maximum atomic E-state index is 13.4. The van der Waals surface area contributed by atoms with Gasteiger partial charge in [-0.25, -0.2) is 0 Å². The SMILES string of the molecule is CCCC(=O)N(C1CCCCC1)C1CC(C(=O)NCCO)=CC(Oc2c(I)cc(C=O)cc2OC)C1O. The molecule has 2 aliphatic carbocycles. The van der Waals surface area contributed by atoms with Gasteiger partial charge in [0, 0.05) is 36.6 Å². The number of amides is 2. The van der Waals surface area contributed by atoms with Crippen molar-refractivity contribution < 1.29 is 34.1 Å². The third-order valence-corrected chi connectivity index (χ3v) is 7.73. The second-order valence-corrected chi connectivity index (χ2v) is 10.7. The van der Waals surface area contributed by atoms with E-state index in [9.17, 15) is 24.6 Å². The minimum Gasteiger partial charge on any atom is -0.493 e. The molecule has 0 radical (unpaired) electrons. The lowest BCUT2D eigenvalue weighted by molar-refractivity contribution is -0.143. The van der Waals surface area contributed by atoms with Gasteiger partial charge in [0.1, 0.15) is 18.5 Å². The van der Waals surface area contributed by atoms with E-state index < -0.39 is 18.2 Å². The molecule has 3 N–H and O–H groups in total. The monoisotopic (exact) mass is 628 g/mol. The molecule has 3 atom stereocenters. The number of methoxy groups -OCH3 is 1. The molecular weight excluding hydrogens is 591 g/mol. The van der Waals surface area contributed by atoms with Crippen LogP contribution in [-0.2, 0) is 9.59 Å². The fourth-order valence-electron chi connectivity index (χ4n) is 5.17. The first kappa shape index (κ1) is 29.4. The minimum absolute atomic E-state index is 0.00509. The molecule has 2 aliphatic rings. The molecule has 1 aromatic rings. The predicted molar refractivity (Wildman–Crippen MR) is 147 cm³/mol. The van der Waals surface area contributed by atoms with E-state index in [2.05, 4.69) is 5.32 Å². The fraction of sp³-hybridized carbons (Fsp3) is 0.593. The molecule has 0 bridgehead atoms. The molecule has 0 spiro atoms. The van der Waals surface area contributed by atoms with Gasteiger partial charge < -0.3 is 29.9 Å². The zero-order valence-electron chi connectivity index (χ0n) is 21.5. The van der Waals surface area contributed by atoms with Gasteiger partial charge >= 0.3 is 0 Å². The van der Waals surface area contributed by atoms with E-state index in [0.29, 0.717) is 45.3 Å². The van der Waals surface area contributed by atoms with E-state index in [1.165, 1.54) is 7.11 Å². The summed E-state index contributed by atoms with van der Waals surface area (Å²) < 4.78 is 12.3. The summed E-state index contributed by atoms with van der Waals surface area (Å²) in [5.41, 5.74) is 0.807. The number of hydrogen-bond donors (Lipinski definition) is 3. The number of ether oxygens (including phenoxy) is 2. The lowest BCUT2D eigenvalue weighted by atomic mass is 9.85. The Balaban J connectivity index is 2.01. The predicted octanol–water partition coefficient (Wildman–Crippen LogP) is 2.99. The van der Waals surface area contributed by atoms with Gasteiger partial charge in [-0.3, -0.25) is 14.4 Å². The third kappa shape index (κ3) is 7.23. The normalized spacial score (nSPS) is 22.1. The lowest BCUT2D eigenvalue weighted by Gasteiger charge is -2.45. The van der Waals surface area contributed by atoms with E-state index >= 15 is 0 Å². The van der Waals surface area contributed by atoms with Crippen LogP contribution in [0.4, 0.5) is 0 Å². The van der Waals surface area contributed by atoms with Crippen molar-refractivity contribution in [2.24, 2.45) is 0 Å². The van der Waals surface area contributed by atoms with E-state index in [1.807, 2.05) is 34.4 Å². The average molecular weight is 629 g/mol. The molecule has 0 aromatic heterocycles. The molecule has 0 heterocycles. The highest BCUT2D eigenvalue weighted by molar-refractivity contribution is 14.1. The summed E-state index contributed by atoms with van der Waals surface area (Å²) in [6.07, 6.45) is 6.36. The smallest absolute Gasteiger partial charge is 0.247 e. The number of aliphatic hydroxyl groups is 2. The zero-order chi connectivity index (χ0) is 26.9. The van der Waals surface area contributed by atoms with Gasteiger partial charge in [-0.1, -0.05) is 26.2 Å². The Morgan fingerprint density at radius 1 is 1.24 bits per heavy atom. The molecule has 37 heavy (non-hydrogen) atoms. The summed E-state index contributed by atoms with van der Waals surface area (Å²) in [5, 5.41) is 23.5. The van der Waals surface area contributed by atoms with Crippen molar-refractivity contribution in [2.75, 3.05) is 20.3 Å². The highest BCUT2D eigenvalue weighted by atomic mass is 127. The topological polar surface area (TPSA) is 125 Å². The van der Waals surface area contributed by atoms with Crippen LogP contribution in [0.15, 0.2) is 23.8 Å². The van der Waals surface area contributed by atoms with Crippen LogP contribution in [0.3, 0.4) is 0 Å². The number of aldehydes is 1. The van der Waals surface area contributed by atoms with Gasteiger partial charge in [0.15, 0.2) is 11.5 Å². The number of hydrogen-bond acceptors (Lipinski definition) is 7. The first-order chi connectivity index (χ1) is 17.8. The van der Waals surface area contributed by atoms with Crippen LogP contribution in [0.25, 0.3) is 0 Å². The molecule has 0 aliphatic heterocycles. The summed E-state index contributed by atoms with van der Waals surface area (Å²) in [5.74, 6) is 0.267. The first-order valence-electron chi connectivity index (χ1n) is 12.9. The van der Waals surface area contributed by atoms with Crippen LogP contribution in [-0.4, -0.2) is 77.8 Å². The van der Waals surface area contributed by atoms with E-state index in [0.717, 1.165) is 32.1 Å². The van der Waals surface area contributed by atoms with Crippen molar-refractivity contribution in [3.63, 3.8) is 0 Å². The van der Waals surface area contributed by atoms with Gasteiger partial charge in [0.05, 0.1) is 23.3 Å². The fourth-order valence-corrected chi connectivity index (χ4v) is 5.92. The average Bonchev–Trinajstić information content (AvgIpc) is 2.90. The van der Waals surface area contributed by atoms with Gasteiger partial charge in [-0.15, -0.1) is 0 Å². The van der Waals surface area contributed by atoms with Gasteiger partial charge in [-0.05, 0) is 60.1 Å². The number of halogens is 1. The van der Waals surface area contributed by atoms with Gasteiger partial charge in [0.25, 0.3) is 0 Å². The second kappa shape index (κ2) is 14.1. The van der Waals surface area contributed by atoms with Crippen LogP contribution >= 0.6 is 22.6 Å². The Hall–Kier alpha value is -2.18. The van der Waals surface area contributed by atoms with Crippen molar-refractivity contribution in [1.82, 2.24) is 10.2 Å². The van der Waals surface area contributed by atoms with Crippen molar-refractivity contribution >= 4 is 40.7 Å². The van der Waals surface area contributed by atoms with Crippen LogP contribution in [0.1, 0.15) is 68.6 Å². The summed E-state index contributed by atoms with van der Waals surface area (Å²) >= 11 is 2.04. The van der Waals surface area contributed by atoms with E-state index in [1.54, 1.807) is 18.2 Å². The Morgan fingerprint density at radius 3 is 2.59 bits per heavy atom. The van der Waals surface area contributed by atoms with Gasteiger partial charge in [-0.2, -0.15) is 0 Å². The molecule has 0 saturated heterocycles. The van der Waals surface area contributed by atoms with Crippen molar-refractivity contribution in [2.45, 2.75) is 82.6 Å². The minimum atomic E-state index is -1.09. The van der Waals surface area contributed by atoms with E-state index in [4.69, 9.17) is 9.47 Å². The number of carbonyl (C=O) groups excluding carboxylic acids is 3. The number of aliphatic hydroxyl groups excluding tert-OH is 2. The Morgan fingerprint density at radius 2 is 1.97 bits per heavy atom. The highest BCUT2D eigenvalue weighted by Crippen LogP contribution is 2.38. The third-order valence-electron chi connectivity index (χ3n) is 6.93. The highest BCUT2D eigenvalue weighted by Gasteiger charge is 2.43. The second-order valence-electron chi connectivity index (χ2n) is 9.51. The van der Waals surface area contributed by atoms with Crippen molar-refractivity contribution in [1.29, 1.82) is 0 Å². The quantitative estimate of drug-likeness (QED) is 0.254. The maximum absolute atomic E-state index is 13.4. The van der Waals surface area contributed by atoms with E-state index in [-0.39, 0.29) is 37.4 Å². The molecule has 10 heteroatoms. The Bertz CT molecular complexity index is 993. The van der Waals surface area contributed by atoms with Crippen LogP contribution in [0, 0.1) is 3.57 Å². The summed E-state index contributed by atoms with van der Waals surface area (Å²) in [6.45, 7) is 1.84. The number of nitrogens with zero attached hydrogens (tertiary/aromatic N) is 1. The van der Waals surface area contributed by atoms with Crippen LogP contribution < -0.4 is 14.8 Å². The molecule has 3 unspecified atom stereocenters. The number of carbonyl (C=O) groups is 3. The molecular formula is C27H37IN2O7. The molecule has 9 nitrogen and oxygen atoms in total. The number of nitrogens with one attached hydrogen (secondary N) is 1. The molecule has 2 amide bonds. The molecule has 1 saturated carbocycles. The Labute approximate surface area is 231 Å². The summed E-state index contributed by atoms with van der Waals surface area (Å²) in [6, 6.07) is 2.55. The zero-order valence-corrected chi connectivity index (χ0v) is 23.6. The van der Waals surface area contributed by atoms with Crippen LogP contribution in [0.2, 0.25) is 0 Å². The molecule has 1 fully saturated rings. The maximum Gasteiger partial charge on any atom is 0.247 e. The number of rotatable bonds is 11. The van der Waals surface area contributed by atoms with Crippen molar-refractivity contribution in [3.8, 4) is 11.5 Å². The molecule has 3 rings (SSSR count). The Kier molecular flexibility index (Phi) is 11.2. The standard InChI is InChI=1S/C27H37IN2O7/c1-3-7-24(33)30(19-8-5-4-6-9-19)21-14-18(27(35)29-10-11-31)15-22(25(21)34)37-26-20(28)12-17(16-32)13-23(26)36-2/h12-13,15-16,19,21-22,25,31,34H,3-11,14H2,1-2H3,(H,29,35). The van der Waals surface area contributed by atoms with Gasteiger partial charge in [0.2, 0.25) is 11.8 Å². The van der Waals surface area contributed by atoms with Crippen LogP contribution in [0.5, 0.6) is 11.5 Å². The number of benzene rings is 1. The van der Waals surface area contributed by atoms with Crippen molar-refractivity contribution in [3.05, 3.63) is 32.9 Å². The molecule has 1 aromatic carbocycles. The molecule has 204 valence electrons. The summed E-state index contributed by atoms with van der Waals surface area (Å²) in [7, 11) is 1.46. The lowest BCUT2D eigenvalue weighted by Crippen LogP contribution is -2.58. The first-order valence-corrected chi connectivity index (χ1v) is 14.0. The summed E-state index contributed by atoms with van der Waals surface area (Å²) in [4.78, 5) is 39.5. The largest absolute Gasteiger partial charge is 0.493 e.